The maximum absolute atomic E-state index is 12.8. The molecule has 1 aromatic carbocycles. The van der Waals surface area contributed by atoms with Crippen LogP contribution in [-0.2, 0) is 4.79 Å². The highest BCUT2D eigenvalue weighted by Gasteiger charge is 2.48. The summed E-state index contributed by atoms with van der Waals surface area (Å²) in [5.41, 5.74) is -0.738. The first-order chi connectivity index (χ1) is 12.8. The molecule has 1 fully saturated rings. The number of nitro groups is 1. The predicted octanol–water partition coefficient (Wildman–Crippen LogP) is 2.35. The summed E-state index contributed by atoms with van der Waals surface area (Å²) in [6, 6.07) is 4.24. The van der Waals surface area contributed by atoms with Gasteiger partial charge in [0.15, 0.2) is 0 Å². The molecule has 0 radical (unpaired) electrons. The summed E-state index contributed by atoms with van der Waals surface area (Å²) < 4.78 is 1.50. The van der Waals surface area contributed by atoms with Crippen LogP contribution in [0.3, 0.4) is 0 Å². The largest absolute Gasteiger partial charge is 0.481 e. The molecule has 1 atom stereocenters. The lowest BCUT2D eigenvalue weighted by Gasteiger charge is -2.28. The average molecular weight is 372 g/mol. The molecule has 2 aromatic rings. The number of nitrogens with zero attached hydrogens (tertiary/aromatic N) is 4. The molecule has 3 rings (SSSR count). The molecule has 0 spiro atoms. The second-order valence-corrected chi connectivity index (χ2v) is 7.02. The summed E-state index contributed by atoms with van der Waals surface area (Å²) >= 11 is 0. The van der Waals surface area contributed by atoms with Crippen molar-refractivity contribution in [2.75, 3.05) is 13.1 Å². The zero-order valence-corrected chi connectivity index (χ0v) is 15.0. The first kappa shape index (κ1) is 18.6. The summed E-state index contributed by atoms with van der Waals surface area (Å²) in [7, 11) is 0. The van der Waals surface area contributed by atoms with Gasteiger partial charge in [-0.1, -0.05) is 13.8 Å². The van der Waals surface area contributed by atoms with Crippen LogP contribution in [-0.4, -0.2) is 49.4 Å². The van der Waals surface area contributed by atoms with Crippen molar-refractivity contribution < 1.29 is 19.6 Å². The quantitative estimate of drug-likeness (QED) is 0.636. The fourth-order valence-corrected chi connectivity index (χ4v) is 3.50. The Morgan fingerprint density at radius 1 is 1.37 bits per heavy atom. The number of carboxylic acid groups (broad SMARTS) is 1. The molecule has 142 valence electrons. The number of carbonyl (C=O) groups excluding carboxylic acids is 1. The monoisotopic (exact) mass is 372 g/mol. The van der Waals surface area contributed by atoms with Crippen molar-refractivity contribution in [1.82, 2.24) is 14.5 Å². The van der Waals surface area contributed by atoms with E-state index in [1.54, 1.807) is 6.20 Å². The van der Waals surface area contributed by atoms with E-state index < -0.39 is 22.2 Å². The number of amides is 1. The SMILES string of the molecule is CC(C)C1(C(=O)O)CCN(C(=O)c2ccc(-n3ccnc3)c([N+](=O)[O-])c2)C1. The highest BCUT2D eigenvalue weighted by molar-refractivity contribution is 5.96. The van der Waals surface area contributed by atoms with Crippen molar-refractivity contribution >= 4 is 17.6 Å². The molecular weight excluding hydrogens is 352 g/mol. The molecule has 1 amide bonds. The van der Waals surface area contributed by atoms with Crippen LogP contribution in [0, 0.1) is 21.4 Å². The fraction of sp³-hybridized carbons (Fsp3) is 0.389. The molecule has 27 heavy (non-hydrogen) atoms. The third-order valence-corrected chi connectivity index (χ3v) is 5.32. The number of rotatable bonds is 5. The van der Waals surface area contributed by atoms with Gasteiger partial charge in [0.25, 0.3) is 11.6 Å². The number of hydrogen-bond donors (Lipinski definition) is 1. The van der Waals surface area contributed by atoms with Crippen molar-refractivity contribution in [2.45, 2.75) is 20.3 Å². The lowest BCUT2D eigenvalue weighted by atomic mass is 9.76. The highest BCUT2D eigenvalue weighted by atomic mass is 16.6. The first-order valence-electron chi connectivity index (χ1n) is 8.55. The summed E-state index contributed by atoms with van der Waals surface area (Å²) in [5.74, 6) is -1.46. The van der Waals surface area contributed by atoms with Crippen molar-refractivity contribution in [3.05, 3.63) is 52.6 Å². The lowest BCUT2D eigenvalue weighted by Crippen LogP contribution is -2.40. The standard InChI is InChI=1S/C18H20N4O5/c1-12(2)18(17(24)25)5-7-20(10-18)16(23)13-3-4-14(15(9-13)22(26)27)21-8-6-19-11-21/h3-4,6,8-9,11-12H,5,7,10H2,1-2H3,(H,24,25). The Kier molecular flexibility index (Phi) is 4.69. The highest BCUT2D eigenvalue weighted by Crippen LogP contribution is 2.39. The lowest BCUT2D eigenvalue weighted by molar-refractivity contribution is -0.384. The van der Waals surface area contributed by atoms with Gasteiger partial charge in [-0.2, -0.15) is 0 Å². The Morgan fingerprint density at radius 2 is 2.11 bits per heavy atom. The van der Waals surface area contributed by atoms with E-state index in [1.165, 1.54) is 40.2 Å². The molecule has 0 bridgehead atoms. The molecule has 1 aliphatic rings. The summed E-state index contributed by atoms with van der Waals surface area (Å²) in [6.07, 6.45) is 4.88. The van der Waals surface area contributed by atoms with E-state index in [0.29, 0.717) is 18.7 Å². The van der Waals surface area contributed by atoms with E-state index in [2.05, 4.69) is 4.98 Å². The topological polar surface area (TPSA) is 119 Å². The van der Waals surface area contributed by atoms with Gasteiger partial charge in [0.05, 0.1) is 16.7 Å². The van der Waals surface area contributed by atoms with Crippen molar-refractivity contribution in [1.29, 1.82) is 0 Å². The van der Waals surface area contributed by atoms with Crippen molar-refractivity contribution in [3.63, 3.8) is 0 Å². The Hall–Kier alpha value is -3.23. The maximum atomic E-state index is 12.8. The van der Waals surface area contributed by atoms with Gasteiger partial charge in [-0.15, -0.1) is 0 Å². The number of carbonyl (C=O) groups is 2. The Labute approximate surface area is 155 Å². The van der Waals surface area contributed by atoms with Crippen LogP contribution < -0.4 is 0 Å². The van der Waals surface area contributed by atoms with Gasteiger partial charge < -0.3 is 14.6 Å². The summed E-state index contributed by atoms with van der Waals surface area (Å²) in [5, 5.41) is 21.1. The van der Waals surface area contributed by atoms with Crippen LogP contribution >= 0.6 is 0 Å². The van der Waals surface area contributed by atoms with Crippen LogP contribution in [0.5, 0.6) is 0 Å². The minimum absolute atomic E-state index is 0.0932. The molecule has 9 nitrogen and oxygen atoms in total. The van der Waals surface area contributed by atoms with Gasteiger partial charge in [-0.25, -0.2) is 4.98 Å². The second-order valence-electron chi connectivity index (χ2n) is 7.02. The molecule has 1 unspecified atom stereocenters. The molecule has 0 saturated carbocycles. The normalized spacial score (nSPS) is 19.4. The van der Waals surface area contributed by atoms with Gasteiger partial charge in [-0.3, -0.25) is 19.7 Å². The van der Waals surface area contributed by atoms with E-state index in [9.17, 15) is 24.8 Å². The number of aromatic nitrogens is 2. The van der Waals surface area contributed by atoms with Crippen LogP contribution in [0.4, 0.5) is 5.69 Å². The number of carboxylic acids is 1. The van der Waals surface area contributed by atoms with Crippen LogP contribution in [0.1, 0.15) is 30.6 Å². The van der Waals surface area contributed by atoms with Crippen molar-refractivity contribution in [3.8, 4) is 5.69 Å². The smallest absolute Gasteiger partial charge is 0.311 e. The Morgan fingerprint density at radius 3 is 2.63 bits per heavy atom. The number of hydrogen-bond acceptors (Lipinski definition) is 5. The third-order valence-electron chi connectivity index (χ3n) is 5.32. The van der Waals surface area contributed by atoms with Crippen LogP contribution in [0.15, 0.2) is 36.9 Å². The predicted molar refractivity (Wildman–Crippen MR) is 95.6 cm³/mol. The zero-order valence-electron chi connectivity index (χ0n) is 15.0. The van der Waals surface area contributed by atoms with E-state index in [1.807, 2.05) is 13.8 Å². The van der Waals surface area contributed by atoms with Crippen molar-refractivity contribution in [2.24, 2.45) is 11.3 Å². The number of imidazole rings is 1. The van der Waals surface area contributed by atoms with E-state index in [4.69, 9.17) is 0 Å². The first-order valence-corrected chi connectivity index (χ1v) is 8.55. The van der Waals surface area contributed by atoms with Gasteiger partial charge in [0.1, 0.15) is 5.69 Å². The van der Waals surface area contributed by atoms with Gasteiger partial charge >= 0.3 is 5.97 Å². The third kappa shape index (κ3) is 3.16. The summed E-state index contributed by atoms with van der Waals surface area (Å²) in [6.45, 7) is 4.05. The number of likely N-dealkylation sites (tertiary alicyclic amines) is 1. The molecule has 1 N–H and O–H groups in total. The number of nitro benzene ring substituents is 1. The Balaban J connectivity index is 1.91. The molecular formula is C18H20N4O5. The average Bonchev–Trinajstić information content (AvgIpc) is 3.31. The molecule has 1 saturated heterocycles. The van der Waals surface area contributed by atoms with Gasteiger partial charge in [0, 0.05) is 37.1 Å². The van der Waals surface area contributed by atoms with Gasteiger partial charge in [0.2, 0.25) is 0 Å². The number of benzene rings is 1. The fourth-order valence-electron chi connectivity index (χ4n) is 3.50. The minimum atomic E-state index is -0.988. The minimum Gasteiger partial charge on any atom is -0.481 e. The molecule has 1 aliphatic heterocycles. The second kappa shape index (κ2) is 6.82. The maximum Gasteiger partial charge on any atom is 0.311 e. The molecule has 0 aliphatic carbocycles. The van der Waals surface area contributed by atoms with Gasteiger partial charge in [-0.05, 0) is 24.5 Å². The van der Waals surface area contributed by atoms with Crippen LogP contribution in [0.2, 0.25) is 0 Å². The van der Waals surface area contributed by atoms with E-state index in [-0.39, 0.29) is 23.7 Å². The summed E-state index contributed by atoms with van der Waals surface area (Å²) in [4.78, 5) is 40.9. The zero-order chi connectivity index (χ0) is 19.8. The molecule has 2 heterocycles. The van der Waals surface area contributed by atoms with E-state index >= 15 is 0 Å². The molecule has 9 heteroatoms. The number of aliphatic carboxylic acids is 1. The molecule has 1 aromatic heterocycles. The Bertz CT molecular complexity index is 893. The van der Waals surface area contributed by atoms with Crippen LogP contribution in [0.25, 0.3) is 5.69 Å². The van der Waals surface area contributed by atoms with E-state index in [0.717, 1.165) is 0 Å².